The summed E-state index contributed by atoms with van der Waals surface area (Å²) in [7, 11) is 0. The van der Waals surface area contributed by atoms with E-state index in [1.165, 1.54) is 0 Å². The molecule has 1 atom stereocenters. The van der Waals surface area contributed by atoms with Gasteiger partial charge in [0, 0.05) is 24.1 Å². The Morgan fingerprint density at radius 2 is 1.44 bits per heavy atom. The molecule has 1 aromatic rings. The van der Waals surface area contributed by atoms with Gasteiger partial charge in [0.15, 0.2) is 23.3 Å². The van der Waals surface area contributed by atoms with Gasteiger partial charge in [0.2, 0.25) is 0 Å². The summed E-state index contributed by atoms with van der Waals surface area (Å²) in [6, 6.07) is -1.82. The molecule has 2 N–H and O–H groups in total. The van der Waals surface area contributed by atoms with Gasteiger partial charge in [0.1, 0.15) is 0 Å². The zero-order valence-electron chi connectivity index (χ0n) is 8.79. The van der Waals surface area contributed by atoms with Crippen LogP contribution in [0.4, 0.5) is 30.7 Å². The van der Waals surface area contributed by atoms with Crippen molar-refractivity contribution in [1.29, 1.82) is 0 Å². The van der Waals surface area contributed by atoms with Crippen LogP contribution in [0.15, 0.2) is 6.07 Å². The van der Waals surface area contributed by atoms with E-state index in [1.54, 1.807) is 0 Å². The molecular weight excluding hydrogens is 267 g/mol. The molecule has 1 rings (SSSR count). The first-order valence-electron chi connectivity index (χ1n) is 4.78. The van der Waals surface area contributed by atoms with Gasteiger partial charge in [-0.25, -0.2) is 17.6 Å². The number of rotatable bonds is 3. The third-order valence-corrected chi connectivity index (χ3v) is 2.26. The number of hydrogen-bond donors (Lipinski definition) is 1. The molecule has 0 aliphatic heterocycles. The first-order chi connectivity index (χ1) is 8.13. The van der Waals surface area contributed by atoms with Crippen molar-refractivity contribution in [2.75, 3.05) is 0 Å². The van der Waals surface area contributed by atoms with Gasteiger partial charge in [-0.15, -0.1) is 0 Å². The normalized spacial score (nSPS) is 13.8. The lowest BCUT2D eigenvalue weighted by Gasteiger charge is -2.15. The molecule has 18 heavy (non-hydrogen) atoms. The van der Waals surface area contributed by atoms with Crippen LogP contribution in [0, 0.1) is 23.3 Å². The monoisotopic (exact) mass is 275 g/mol. The standard InChI is InChI=1S/C10H8F7N/c11-4-3-5(12)9(14)7(8(4)13)6(18)1-2-10(15,16)17/h3,6H,1-2,18H2/t6-/m0/s1. The third-order valence-electron chi connectivity index (χ3n) is 2.26. The van der Waals surface area contributed by atoms with Gasteiger partial charge in [0.25, 0.3) is 0 Å². The first-order valence-corrected chi connectivity index (χ1v) is 4.78. The molecule has 0 radical (unpaired) electrons. The maximum atomic E-state index is 13.2. The molecule has 1 nitrogen and oxygen atoms in total. The summed E-state index contributed by atoms with van der Waals surface area (Å²) < 4.78 is 87.6. The molecule has 0 unspecified atom stereocenters. The second-order valence-electron chi connectivity index (χ2n) is 3.64. The quantitative estimate of drug-likeness (QED) is 0.662. The Morgan fingerprint density at radius 3 is 1.83 bits per heavy atom. The molecule has 0 amide bonds. The van der Waals surface area contributed by atoms with Gasteiger partial charge in [0.05, 0.1) is 0 Å². The summed E-state index contributed by atoms with van der Waals surface area (Å²) >= 11 is 0. The Balaban J connectivity index is 3.02. The second kappa shape index (κ2) is 5.13. The summed E-state index contributed by atoms with van der Waals surface area (Å²) in [6.07, 6.45) is -6.86. The average Bonchev–Trinajstić information content (AvgIpc) is 2.23. The van der Waals surface area contributed by atoms with Gasteiger partial charge >= 0.3 is 6.18 Å². The highest BCUT2D eigenvalue weighted by Gasteiger charge is 2.30. The van der Waals surface area contributed by atoms with E-state index >= 15 is 0 Å². The fourth-order valence-electron chi connectivity index (χ4n) is 1.38. The van der Waals surface area contributed by atoms with Crippen molar-refractivity contribution in [3.8, 4) is 0 Å². The van der Waals surface area contributed by atoms with Crippen molar-refractivity contribution >= 4 is 0 Å². The summed E-state index contributed by atoms with van der Waals surface area (Å²) in [5.74, 6) is -6.95. The number of benzene rings is 1. The highest BCUT2D eigenvalue weighted by Crippen LogP contribution is 2.30. The molecule has 1 aromatic carbocycles. The lowest BCUT2D eigenvalue weighted by molar-refractivity contribution is -0.136. The van der Waals surface area contributed by atoms with E-state index in [0.29, 0.717) is 0 Å². The van der Waals surface area contributed by atoms with E-state index in [9.17, 15) is 30.7 Å². The number of nitrogens with two attached hydrogens (primary N) is 1. The van der Waals surface area contributed by atoms with Crippen molar-refractivity contribution in [2.45, 2.75) is 25.1 Å². The predicted octanol–water partition coefficient (Wildman–Crippen LogP) is 3.59. The SMILES string of the molecule is N[C@@H](CCC(F)(F)F)c1c(F)c(F)cc(F)c1F. The Kier molecular flexibility index (Phi) is 4.20. The molecule has 0 aliphatic rings. The largest absolute Gasteiger partial charge is 0.389 e. The molecule has 0 aliphatic carbocycles. The average molecular weight is 275 g/mol. The van der Waals surface area contributed by atoms with Gasteiger partial charge < -0.3 is 5.73 Å². The minimum absolute atomic E-state index is 0.0371. The minimum Gasteiger partial charge on any atom is -0.324 e. The van der Waals surface area contributed by atoms with Crippen LogP contribution in [0.25, 0.3) is 0 Å². The second-order valence-corrected chi connectivity index (χ2v) is 3.64. The highest BCUT2D eigenvalue weighted by atomic mass is 19.4. The lowest BCUT2D eigenvalue weighted by atomic mass is 10.0. The Morgan fingerprint density at radius 1 is 1.00 bits per heavy atom. The Hall–Kier alpha value is -1.31. The number of hydrogen-bond acceptors (Lipinski definition) is 1. The third kappa shape index (κ3) is 3.34. The van der Waals surface area contributed by atoms with E-state index < -0.39 is 53.9 Å². The van der Waals surface area contributed by atoms with Gasteiger partial charge in [-0.2, -0.15) is 13.2 Å². The van der Waals surface area contributed by atoms with Crippen LogP contribution in [-0.4, -0.2) is 6.18 Å². The maximum Gasteiger partial charge on any atom is 0.389 e. The summed E-state index contributed by atoms with van der Waals surface area (Å²) in [5.41, 5.74) is 3.92. The molecule has 0 saturated carbocycles. The molecule has 8 heteroatoms. The summed E-state index contributed by atoms with van der Waals surface area (Å²) in [5, 5.41) is 0. The molecule has 0 aromatic heterocycles. The fraction of sp³-hybridized carbons (Fsp3) is 0.400. The summed E-state index contributed by atoms with van der Waals surface area (Å²) in [6.45, 7) is 0. The van der Waals surface area contributed by atoms with Crippen molar-refractivity contribution in [2.24, 2.45) is 5.73 Å². The topological polar surface area (TPSA) is 26.0 Å². The van der Waals surface area contributed by atoms with Crippen LogP contribution in [0.3, 0.4) is 0 Å². The van der Waals surface area contributed by atoms with E-state index in [2.05, 4.69) is 0 Å². The zero-order valence-corrected chi connectivity index (χ0v) is 8.79. The fourth-order valence-corrected chi connectivity index (χ4v) is 1.38. The number of halogens is 7. The van der Waals surface area contributed by atoms with Crippen molar-refractivity contribution in [3.05, 3.63) is 34.9 Å². The van der Waals surface area contributed by atoms with Gasteiger partial charge in [-0.1, -0.05) is 0 Å². The zero-order chi connectivity index (χ0) is 14.1. The maximum absolute atomic E-state index is 13.2. The predicted molar refractivity (Wildman–Crippen MR) is 48.5 cm³/mol. The van der Waals surface area contributed by atoms with E-state index in [4.69, 9.17) is 5.73 Å². The first kappa shape index (κ1) is 14.7. The van der Waals surface area contributed by atoms with Crippen LogP contribution in [0.2, 0.25) is 0 Å². The van der Waals surface area contributed by atoms with E-state index in [1.807, 2.05) is 0 Å². The molecule has 0 bridgehead atoms. The van der Waals surface area contributed by atoms with Crippen LogP contribution >= 0.6 is 0 Å². The number of alkyl halides is 3. The molecule has 102 valence electrons. The highest BCUT2D eigenvalue weighted by molar-refractivity contribution is 5.25. The molecular formula is C10H8F7N. The molecule has 0 heterocycles. The van der Waals surface area contributed by atoms with Crippen LogP contribution < -0.4 is 5.73 Å². The Labute approximate surface area is 97.4 Å². The lowest BCUT2D eigenvalue weighted by Crippen LogP contribution is -2.19. The summed E-state index contributed by atoms with van der Waals surface area (Å²) in [4.78, 5) is 0. The van der Waals surface area contributed by atoms with Crippen LogP contribution in [-0.2, 0) is 0 Å². The molecule has 0 fully saturated rings. The van der Waals surface area contributed by atoms with Gasteiger partial charge in [-0.3, -0.25) is 0 Å². The van der Waals surface area contributed by atoms with Crippen molar-refractivity contribution < 1.29 is 30.7 Å². The minimum atomic E-state index is -4.57. The molecule has 0 saturated heterocycles. The molecule has 0 spiro atoms. The smallest absolute Gasteiger partial charge is 0.324 e. The van der Waals surface area contributed by atoms with Crippen molar-refractivity contribution in [1.82, 2.24) is 0 Å². The van der Waals surface area contributed by atoms with Gasteiger partial charge in [-0.05, 0) is 6.42 Å². The van der Waals surface area contributed by atoms with E-state index in [-0.39, 0.29) is 6.07 Å². The van der Waals surface area contributed by atoms with Crippen LogP contribution in [0.1, 0.15) is 24.4 Å². The van der Waals surface area contributed by atoms with E-state index in [0.717, 1.165) is 0 Å². The van der Waals surface area contributed by atoms with Crippen molar-refractivity contribution in [3.63, 3.8) is 0 Å². The van der Waals surface area contributed by atoms with Crippen LogP contribution in [0.5, 0.6) is 0 Å². The Bertz CT molecular complexity index is 415.